The molecule has 0 unspecified atom stereocenters. The van der Waals surface area contributed by atoms with Crippen molar-refractivity contribution >= 4 is 39.1 Å². The lowest BCUT2D eigenvalue weighted by Gasteiger charge is -2.40. The zero-order valence-electron chi connectivity index (χ0n) is 19.1. The summed E-state index contributed by atoms with van der Waals surface area (Å²) < 4.78 is 15.4. The summed E-state index contributed by atoms with van der Waals surface area (Å²) in [6, 6.07) is 6.10. The molecule has 0 spiro atoms. The van der Waals surface area contributed by atoms with E-state index in [1.165, 1.54) is 31.0 Å². The Labute approximate surface area is 201 Å². The van der Waals surface area contributed by atoms with Crippen LogP contribution in [0.1, 0.15) is 38.6 Å². The first-order valence-corrected chi connectivity index (χ1v) is 12.3. The molecule has 34 heavy (non-hydrogen) atoms. The van der Waals surface area contributed by atoms with E-state index in [2.05, 4.69) is 15.1 Å². The van der Waals surface area contributed by atoms with Crippen LogP contribution in [0.25, 0.3) is 10.2 Å². The quantitative estimate of drug-likeness (QED) is 0.533. The number of hydrogen-bond acceptors (Lipinski definition) is 9. The highest BCUT2D eigenvalue weighted by molar-refractivity contribution is 7.21. The van der Waals surface area contributed by atoms with Gasteiger partial charge in [-0.3, -0.25) is 14.6 Å². The number of anilines is 1. The Bertz CT molecular complexity index is 1150. The number of rotatable bonds is 6. The van der Waals surface area contributed by atoms with E-state index in [1.54, 1.807) is 6.07 Å². The third-order valence-corrected chi connectivity index (χ3v) is 7.59. The normalized spacial score (nSPS) is 18.3. The van der Waals surface area contributed by atoms with Crippen molar-refractivity contribution in [1.29, 1.82) is 0 Å². The Morgan fingerprint density at radius 2 is 1.97 bits per heavy atom. The van der Waals surface area contributed by atoms with Crippen LogP contribution in [-0.4, -0.2) is 79.2 Å². The average molecular weight is 485 g/mol. The van der Waals surface area contributed by atoms with Gasteiger partial charge in [0, 0.05) is 44.2 Å². The number of furan rings is 1. The van der Waals surface area contributed by atoms with Crippen molar-refractivity contribution < 1.29 is 23.5 Å². The maximum Gasteiger partial charge on any atom is 0.350 e. The van der Waals surface area contributed by atoms with E-state index in [1.807, 2.05) is 12.1 Å². The molecule has 2 aliphatic heterocycles. The van der Waals surface area contributed by atoms with Crippen LogP contribution in [0.4, 0.5) is 5.69 Å². The van der Waals surface area contributed by atoms with Gasteiger partial charge >= 0.3 is 5.97 Å². The van der Waals surface area contributed by atoms with Crippen molar-refractivity contribution in [2.24, 2.45) is 0 Å². The number of pyridine rings is 1. The minimum atomic E-state index is -0.503. The van der Waals surface area contributed by atoms with Gasteiger partial charge in [-0.15, -0.1) is 11.3 Å². The molecule has 9 nitrogen and oxygen atoms in total. The fourth-order valence-corrected chi connectivity index (χ4v) is 5.73. The van der Waals surface area contributed by atoms with Crippen LogP contribution >= 0.6 is 11.3 Å². The number of piperidine rings is 1. The van der Waals surface area contributed by atoms with E-state index < -0.39 is 5.97 Å². The molecule has 180 valence electrons. The Balaban J connectivity index is 1.30. The summed E-state index contributed by atoms with van der Waals surface area (Å²) in [5.74, 6) is -0.858. The van der Waals surface area contributed by atoms with Gasteiger partial charge in [0.2, 0.25) is 0 Å². The summed E-state index contributed by atoms with van der Waals surface area (Å²) in [5.41, 5.74) is 1.74. The topological polar surface area (TPSA) is 97.1 Å². The number of ether oxygens (including phenoxy) is 2. The van der Waals surface area contributed by atoms with Gasteiger partial charge in [-0.2, -0.15) is 0 Å². The van der Waals surface area contributed by atoms with Gasteiger partial charge in [0.05, 0.1) is 43.5 Å². The summed E-state index contributed by atoms with van der Waals surface area (Å²) in [4.78, 5) is 35.8. The third kappa shape index (κ3) is 4.85. The zero-order chi connectivity index (χ0) is 23.5. The van der Waals surface area contributed by atoms with Crippen LogP contribution < -0.4 is 5.32 Å². The third-order valence-electron chi connectivity index (χ3n) is 6.51. The van der Waals surface area contributed by atoms with E-state index in [-0.39, 0.29) is 5.91 Å². The van der Waals surface area contributed by atoms with Gasteiger partial charge in [0.25, 0.3) is 5.91 Å². The molecule has 0 bridgehead atoms. The number of esters is 1. The predicted octanol–water partition coefficient (Wildman–Crippen LogP) is 3.22. The van der Waals surface area contributed by atoms with E-state index in [9.17, 15) is 9.59 Å². The Morgan fingerprint density at radius 3 is 2.68 bits per heavy atom. The van der Waals surface area contributed by atoms with Gasteiger partial charge in [0.1, 0.15) is 16.0 Å². The van der Waals surface area contributed by atoms with Crippen molar-refractivity contribution in [2.45, 2.75) is 25.4 Å². The first-order chi connectivity index (χ1) is 16.6. The number of amides is 1. The first kappa shape index (κ1) is 23.0. The van der Waals surface area contributed by atoms with Crippen LogP contribution in [-0.2, 0) is 16.0 Å². The van der Waals surface area contributed by atoms with E-state index in [4.69, 9.17) is 18.9 Å². The molecule has 1 amide bonds. The Morgan fingerprint density at radius 1 is 1.18 bits per heavy atom. The van der Waals surface area contributed by atoms with E-state index >= 15 is 0 Å². The van der Waals surface area contributed by atoms with Gasteiger partial charge in [-0.05, 0) is 31.0 Å². The predicted molar refractivity (Wildman–Crippen MR) is 128 cm³/mol. The van der Waals surface area contributed by atoms with Gasteiger partial charge in [0.15, 0.2) is 0 Å². The number of nitrogens with zero attached hydrogens (tertiary/aromatic N) is 3. The number of nitrogens with one attached hydrogen (secondary N) is 1. The summed E-state index contributed by atoms with van der Waals surface area (Å²) in [7, 11) is 1.33. The van der Waals surface area contributed by atoms with Crippen LogP contribution in [0.15, 0.2) is 35.1 Å². The number of methoxy groups -OCH3 is 1. The molecular formula is C24H28N4O5S. The van der Waals surface area contributed by atoms with Crippen LogP contribution in [0, 0.1) is 0 Å². The fourth-order valence-electron chi connectivity index (χ4n) is 4.66. The number of morpholine rings is 1. The van der Waals surface area contributed by atoms with Crippen molar-refractivity contribution in [3.05, 3.63) is 46.9 Å². The maximum atomic E-state index is 12.6. The Hall–Kier alpha value is -2.79. The number of carbonyl (C=O) groups is 2. The highest BCUT2D eigenvalue weighted by atomic mass is 32.1. The molecule has 0 radical (unpaired) electrons. The molecule has 5 heterocycles. The number of likely N-dealkylation sites (tertiary alicyclic amines) is 1. The minimum absolute atomic E-state index is 0.324. The maximum absolute atomic E-state index is 12.6. The molecule has 0 aliphatic carbocycles. The van der Waals surface area contributed by atoms with Crippen LogP contribution in [0.3, 0.4) is 0 Å². The minimum Gasteiger partial charge on any atom is -0.472 e. The fraction of sp³-hybridized carbons (Fsp3) is 0.458. The van der Waals surface area contributed by atoms with Gasteiger partial charge in [-0.1, -0.05) is 0 Å². The molecule has 0 atom stereocenters. The summed E-state index contributed by atoms with van der Waals surface area (Å²) in [6.45, 7) is 6.56. The molecule has 2 saturated heterocycles. The number of hydrogen-bond donors (Lipinski definition) is 1. The first-order valence-electron chi connectivity index (χ1n) is 11.5. The van der Waals surface area contributed by atoms with Crippen molar-refractivity contribution in [3.63, 3.8) is 0 Å². The van der Waals surface area contributed by atoms with Crippen molar-refractivity contribution in [1.82, 2.24) is 14.8 Å². The molecule has 2 fully saturated rings. The largest absolute Gasteiger partial charge is 0.472 e. The van der Waals surface area contributed by atoms with Gasteiger partial charge < -0.3 is 19.2 Å². The summed E-state index contributed by atoms with van der Waals surface area (Å²) in [5, 5.41) is 3.55. The lowest BCUT2D eigenvalue weighted by atomic mass is 10.0. The van der Waals surface area contributed by atoms with Crippen molar-refractivity contribution in [2.75, 3.05) is 51.8 Å². The second-order valence-corrected chi connectivity index (χ2v) is 9.57. The number of thiophene rings is 1. The molecule has 0 saturated carbocycles. The zero-order valence-corrected chi connectivity index (χ0v) is 19.9. The molecule has 2 aliphatic rings. The molecule has 5 rings (SSSR count). The highest BCUT2D eigenvalue weighted by Gasteiger charge is 2.27. The van der Waals surface area contributed by atoms with E-state index in [0.29, 0.717) is 27.0 Å². The van der Waals surface area contributed by atoms with Crippen molar-refractivity contribution in [3.8, 4) is 0 Å². The monoisotopic (exact) mass is 484 g/mol. The van der Waals surface area contributed by atoms with Crippen LogP contribution in [0.5, 0.6) is 0 Å². The number of aromatic nitrogens is 1. The lowest BCUT2D eigenvalue weighted by Crippen LogP contribution is -2.48. The average Bonchev–Trinajstić information content (AvgIpc) is 3.53. The highest BCUT2D eigenvalue weighted by Crippen LogP contribution is 2.36. The molecule has 10 heteroatoms. The molecular weight excluding hydrogens is 456 g/mol. The molecule has 3 aromatic heterocycles. The molecule has 0 aromatic carbocycles. The SMILES string of the molecule is COC(=O)c1sc2nc(CN3CCC(N4CCOCC4)CC3)ccc2c1NC(=O)c1ccoc1. The summed E-state index contributed by atoms with van der Waals surface area (Å²) >= 11 is 1.23. The molecule has 1 N–H and O–H groups in total. The van der Waals surface area contributed by atoms with E-state index in [0.717, 1.165) is 69.9 Å². The second-order valence-electron chi connectivity index (χ2n) is 8.57. The smallest absolute Gasteiger partial charge is 0.350 e. The number of fused-ring (bicyclic) bond motifs is 1. The summed E-state index contributed by atoms with van der Waals surface area (Å²) in [6.07, 6.45) is 5.09. The molecule has 3 aromatic rings. The standard InChI is InChI=1S/C24H28N4O5S/c1-31-24(30)21-20(26-22(29)16-6-11-33-15-16)19-3-2-17(25-23(19)34-21)14-27-7-4-18(5-8-27)28-9-12-32-13-10-28/h2-3,6,11,15,18H,4-5,7-10,12-14H2,1H3,(H,26,29). The second kappa shape index (κ2) is 10.2. The lowest BCUT2D eigenvalue weighted by molar-refractivity contribution is 0.000145. The van der Waals surface area contributed by atoms with Crippen LogP contribution in [0.2, 0.25) is 0 Å². The Kier molecular flexibility index (Phi) is 6.91. The number of carbonyl (C=O) groups excluding carboxylic acids is 2. The van der Waals surface area contributed by atoms with Gasteiger partial charge in [-0.25, -0.2) is 9.78 Å².